The zero-order valence-electron chi connectivity index (χ0n) is 15.5. The van der Waals surface area contributed by atoms with Crippen LogP contribution in [0.15, 0.2) is 18.2 Å². The molecule has 1 aromatic carbocycles. The van der Waals surface area contributed by atoms with E-state index in [0.717, 1.165) is 29.7 Å². The summed E-state index contributed by atoms with van der Waals surface area (Å²) in [6, 6.07) is 6.21. The Kier molecular flexibility index (Phi) is 5.94. The molecule has 2 heterocycles. The Morgan fingerprint density at radius 2 is 2.19 bits per heavy atom. The summed E-state index contributed by atoms with van der Waals surface area (Å²) >= 11 is 0. The van der Waals surface area contributed by atoms with Crippen molar-refractivity contribution in [2.24, 2.45) is 5.92 Å². The van der Waals surface area contributed by atoms with E-state index in [2.05, 4.69) is 16.7 Å². The Morgan fingerprint density at radius 1 is 1.38 bits per heavy atom. The highest BCUT2D eigenvalue weighted by molar-refractivity contribution is 6.36. The van der Waals surface area contributed by atoms with Crippen LogP contribution in [0.4, 0.5) is 5.69 Å². The van der Waals surface area contributed by atoms with E-state index in [9.17, 15) is 14.7 Å². The standard InChI is InChI=1S/C20H28N2O4/c1-12(2)10-21-20(25)17(23)5-3-4-13-6-7-15-14(8-13)19-9-16(22-15)18(24)11-26-19/h6-8,12,16,18-19,22,24H,3-5,9-11H2,1-2H3,(H,21,25)/t16-,18-,19-/m1/s1. The van der Waals surface area contributed by atoms with E-state index in [1.807, 2.05) is 26.0 Å². The Bertz CT molecular complexity index is 674. The largest absolute Gasteiger partial charge is 0.389 e. The third-order valence-electron chi connectivity index (χ3n) is 5.00. The normalized spacial score (nSPS) is 23.9. The molecule has 0 aliphatic carbocycles. The molecule has 6 heteroatoms. The first-order chi connectivity index (χ1) is 12.4. The highest BCUT2D eigenvalue weighted by Gasteiger charge is 2.36. The molecule has 2 bridgehead atoms. The van der Waals surface area contributed by atoms with E-state index in [4.69, 9.17) is 4.74 Å². The number of carbonyl (C=O) groups excluding carboxylic acids is 2. The minimum atomic E-state index is -0.478. The molecule has 0 radical (unpaired) electrons. The summed E-state index contributed by atoms with van der Waals surface area (Å²) in [4.78, 5) is 23.6. The number of fused-ring (bicyclic) bond motifs is 4. The summed E-state index contributed by atoms with van der Waals surface area (Å²) in [5.41, 5.74) is 3.26. The van der Waals surface area contributed by atoms with Crippen LogP contribution < -0.4 is 10.6 Å². The van der Waals surface area contributed by atoms with Crippen LogP contribution in [-0.2, 0) is 20.7 Å². The monoisotopic (exact) mass is 360 g/mol. The lowest BCUT2D eigenvalue weighted by atomic mass is 9.88. The van der Waals surface area contributed by atoms with Crippen LogP contribution in [0.1, 0.15) is 50.3 Å². The molecule has 3 N–H and O–H groups in total. The van der Waals surface area contributed by atoms with Gasteiger partial charge in [-0.15, -0.1) is 0 Å². The van der Waals surface area contributed by atoms with E-state index < -0.39 is 12.0 Å². The molecule has 2 aliphatic rings. The van der Waals surface area contributed by atoms with Gasteiger partial charge in [0, 0.05) is 30.6 Å². The molecular weight excluding hydrogens is 332 g/mol. The van der Waals surface area contributed by atoms with Gasteiger partial charge in [-0.2, -0.15) is 0 Å². The number of rotatable bonds is 7. The molecule has 0 saturated carbocycles. The molecule has 0 unspecified atom stereocenters. The van der Waals surface area contributed by atoms with Crippen LogP contribution >= 0.6 is 0 Å². The third-order valence-corrected chi connectivity index (χ3v) is 5.00. The molecule has 142 valence electrons. The van der Waals surface area contributed by atoms with Crippen LogP contribution in [0, 0.1) is 5.92 Å². The first kappa shape index (κ1) is 18.9. The average Bonchev–Trinajstić information content (AvgIpc) is 2.62. The van der Waals surface area contributed by atoms with Gasteiger partial charge >= 0.3 is 0 Å². The summed E-state index contributed by atoms with van der Waals surface area (Å²) in [7, 11) is 0. The third kappa shape index (κ3) is 4.43. The summed E-state index contributed by atoms with van der Waals surface area (Å²) in [5.74, 6) is -0.496. The van der Waals surface area contributed by atoms with Crippen molar-refractivity contribution in [3.8, 4) is 0 Å². The van der Waals surface area contributed by atoms with Gasteiger partial charge in [0.05, 0.1) is 24.9 Å². The van der Waals surface area contributed by atoms with E-state index in [0.29, 0.717) is 25.5 Å². The topological polar surface area (TPSA) is 87.7 Å². The number of carbonyl (C=O) groups is 2. The maximum Gasteiger partial charge on any atom is 0.287 e. The van der Waals surface area contributed by atoms with Crippen molar-refractivity contribution in [3.05, 3.63) is 29.3 Å². The number of benzene rings is 1. The van der Waals surface area contributed by atoms with E-state index in [1.54, 1.807) is 0 Å². The predicted molar refractivity (Wildman–Crippen MR) is 99.0 cm³/mol. The SMILES string of the molecule is CC(C)CNC(=O)C(=O)CCCc1ccc2c(c1)[C@H]1C[C@@H](N2)[C@H](O)CO1. The number of aliphatic hydroxyl groups is 1. The van der Waals surface area contributed by atoms with Crippen molar-refractivity contribution in [3.63, 3.8) is 0 Å². The van der Waals surface area contributed by atoms with E-state index in [1.165, 1.54) is 0 Å². The number of nitrogens with one attached hydrogen (secondary N) is 2. The lowest BCUT2D eigenvalue weighted by Gasteiger charge is -2.40. The van der Waals surface area contributed by atoms with E-state index in [-0.39, 0.29) is 24.3 Å². The first-order valence-electron chi connectivity index (χ1n) is 9.44. The van der Waals surface area contributed by atoms with Gasteiger partial charge in [0.2, 0.25) is 5.78 Å². The highest BCUT2D eigenvalue weighted by Crippen LogP contribution is 2.39. The van der Waals surface area contributed by atoms with Crippen LogP contribution in [0.5, 0.6) is 0 Å². The Hall–Kier alpha value is -1.92. The number of Topliss-reactive ketones (excluding diaryl/α,β-unsaturated/α-hetero) is 1. The molecule has 1 aromatic rings. The van der Waals surface area contributed by atoms with Gasteiger partial charge in [-0.25, -0.2) is 0 Å². The number of aliphatic hydroxyl groups excluding tert-OH is 1. The van der Waals surface area contributed by atoms with Crippen molar-refractivity contribution in [2.45, 2.75) is 57.8 Å². The molecule has 6 nitrogen and oxygen atoms in total. The van der Waals surface area contributed by atoms with Crippen LogP contribution in [0.3, 0.4) is 0 Å². The van der Waals surface area contributed by atoms with E-state index >= 15 is 0 Å². The average molecular weight is 360 g/mol. The van der Waals surface area contributed by atoms with Crippen LogP contribution in [0.25, 0.3) is 0 Å². The molecule has 1 amide bonds. The van der Waals surface area contributed by atoms with Crippen molar-refractivity contribution < 1.29 is 19.4 Å². The summed E-state index contributed by atoms with van der Waals surface area (Å²) < 4.78 is 5.77. The minimum Gasteiger partial charge on any atom is -0.389 e. The Morgan fingerprint density at radius 3 is 2.96 bits per heavy atom. The fraction of sp³-hybridized carbons (Fsp3) is 0.600. The highest BCUT2D eigenvalue weighted by atomic mass is 16.5. The number of ketones is 1. The van der Waals surface area contributed by atoms with Crippen molar-refractivity contribution in [1.29, 1.82) is 0 Å². The molecule has 2 aliphatic heterocycles. The molecule has 0 spiro atoms. The van der Waals surface area contributed by atoms with Gasteiger partial charge in [0.25, 0.3) is 5.91 Å². The van der Waals surface area contributed by atoms with Crippen LogP contribution in [0.2, 0.25) is 0 Å². The number of hydrogen-bond acceptors (Lipinski definition) is 5. The number of amides is 1. The number of ether oxygens (including phenoxy) is 1. The minimum absolute atomic E-state index is 0.0167. The van der Waals surface area contributed by atoms with Gasteiger partial charge in [-0.3, -0.25) is 9.59 Å². The Balaban J connectivity index is 1.52. The lowest BCUT2D eigenvalue weighted by Crippen LogP contribution is -2.45. The maximum atomic E-state index is 11.9. The first-order valence-corrected chi connectivity index (χ1v) is 9.44. The zero-order chi connectivity index (χ0) is 18.7. The number of hydrogen-bond donors (Lipinski definition) is 3. The molecule has 1 saturated heterocycles. The quantitative estimate of drug-likeness (QED) is 0.647. The molecule has 0 aromatic heterocycles. The molecule has 26 heavy (non-hydrogen) atoms. The second-order valence-corrected chi connectivity index (χ2v) is 7.68. The summed E-state index contributed by atoms with van der Waals surface area (Å²) in [5, 5.41) is 16.0. The molecule has 3 atom stereocenters. The van der Waals surface area contributed by atoms with Gasteiger partial charge in [0.15, 0.2) is 0 Å². The van der Waals surface area contributed by atoms with Gasteiger partial charge < -0.3 is 20.5 Å². The molecule has 3 rings (SSSR count). The summed E-state index contributed by atoms with van der Waals surface area (Å²) in [6.45, 7) is 4.87. The predicted octanol–water partition coefficient (Wildman–Crippen LogP) is 1.97. The smallest absolute Gasteiger partial charge is 0.287 e. The zero-order valence-corrected chi connectivity index (χ0v) is 15.5. The van der Waals surface area contributed by atoms with Crippen molar-refractivity contribution >= 4 is 17.4 Å². The lowest BCUT2D eigenvalue weighted by molar-refractivity contribution is -0.138. The van der Waals surface area contributed by atoms with Gasteiger partial charge in [0.1, 0.15) is 0 Å². The fourth-order valence-corrected chi connectivity index (χ4v) is 3.49. The van der Waals surface area contributed by atoms with Crippen molar-refractivity contribution in [1.82, 2.24) is 5.32 Å². The number of anilines is 1. The van der Waals surface area contributed by atoms with Gasteiger partial charge in [-0.1, -0.05) is 26.0 Å². The second-order valence-electron chi connectivity index (χ2n) is 7.68. The summed E-state index contributed by atoms with van der Waals surface area (Å²) in [6.07, 6.45) is 1.97. The van der Waals surface area contributed by atoms with Crippen LogP contribution in [-0.4, -0.2) is 42.1 Å². The maximum absolute atomic E-state index is 11.9. The molecular formula is C20H28N2O4. The second kappa shape index (κ2) is 8.18. The fourth-order valence-electron chi connectivity index (χ4n) is 3.49. The van der Waals surface area contributed by atoms with Crippen molar-refractivity contribution in [2.75, 3.05) is 18.5 Å². The Labute approximate surface area is 154 Å². The number of aryl methyl sites for hydroxylation is 1. The van der Waals surface area contributed by atoms with Gasteiger partial charge in [-0.05, 0) is 30.4 Å². The molecule has 1 fully saturated rings.